The Morgan fingerprint density at radius 2 is 2.35 bits per heavy atom. The van der Waals surface area contributed by atoms with Gasteiger partial charge in [0.25, 0.3) is 0 Å². The highest BCUT2D eigenvalue weighted by Crippen LogP contribution is 2.20. The van der Waals surface area contributed by atoms with E-state index in [1.807, 2.05) is 12.3 Å². The Kier molecular flexibility index (Phi) is 5.57. The first-order chi connectivity index (χ1) is 9.51. The zero-order chi connectivity index (χ0) is 14.6. The molecule has 1 aromatic rings. The van der Waals surface area contributed by atoms with Gasteiger partial charge in [0.05, 0.1) is 6.61 Å². The first kappa shape index (κ1) is 15.9. The summed E-state index contributed by atoms with van der Waals surface area (Å²) in [5.41, 5.74) is 0.988. The van der Waals surface area contributed by atoms with Crippen LogP contribution in [0.4, 0.5) is 0 Å². The second-order valence-electron chi connectivity index (χ2n) is 5.24. The van der Waals surface area contributed by atoms with Gasteiger partial charge in [-0.1, -0.05) is 0 Å². The van der Waals surface area contributed by atoms with Crippen LogP contribution >= 0.6 is 11.3 Å². The van der Waals surface area contributed by atoms with Crippen LogP contribution in [-0.2, 0) is 14.8 Å². The van der Waals surface area contributed by atoms with E-state index >= 15 is 0 Å². The Hall–Kier alpha value is -0.470. The van der Waals surface area contributed by atoms with Crippen LogP contribution in [0.15, 0.2) is 15.7 Å². The second-order valence-corrected chi connectivity index (χ2v) is 8.15. The van der Waals surface area contributed by atoms with Crippen LogP contribution in [0, 0.1) is 12.8 Å². The van der Waals surface area contributed by atoms with Crippen molar-refractivity contribution in [1.29, 1.82) is 0 Å². The minimum Gasteiger partial charge on any atom is -0.383 e. The molecule has 0 radical (unpaired) electrons. The lowest BCUT2D eigenvalue weighted by atomic mass is 10.1. The molecule has 114 valence electrons. The van der Waals surface area contributed by atoms with Crippen molar-refractivity contribution in [1.82, 2.24) is 9.62 Å². The predicted octanol–water partition coefficient (Wildman–Crippen LogP) is 1.30. The number of sulfonamides is 1. The number of rotatable bonds is 7. The molecule has 1 unspecified atom stereocenters. The molecular formula is C13H22N2O3S2. The summed E-state index contributed by atoms with van der Waals surface area (Å²) in [6, 6.07) is 1.71. The Morgan fingerprint density at radius 3 is 3.00 bits per heavy atom. The number of likely N-dealkylation sites (tertiary alicyclic amines) is 1. The molecule has 1 aliphatic rings. The smallest absolute Gasteiger partial charge is 0.250 e. The number of methoxy groups -OCH3 is 1. The zero-order valence-corrected chi connectivity index (χ0v) is 13.6. The molecule has 1 atom stereocenters. The van der Waals surface area contributed by atoms with Crippen LogP contribution in [0.3, 0.4) is 0 Å². The van der Waals surface area contributed by atoms with Gasteiger partial charge >= 0.3 is 0 Å². The minimum atomic E-state index is -3.34. The van der Waals surface area contributed by atoms with Crippen LogP contribution < -0.4 is 4.72 Å². The Morgan fingerprint density at radius 1 is 1.55 bits per heavy atom. The van der Waals surface area contributed by atoms with E-state index in [1.54, 1.807) is 13.2 Å². The summed E-state index contributed by atoms with van der Waals surface area (Å²) >= 11 is 1.27. The molecule has 1 saturated heterocycles. The molecule has 0 spiro atoms. The standard InChI is InChI=1S/C13H22N2O3S2/c1-11-7-13(19-10-11)20(16,17)14-8-12-3-4-15(9-12)5-6-18-2/h7,10,12,14H,3-6,8-9H2,1-2H3. The van der Waals surface area contributed by atoms with Crippen molar-refractivity contribution >= 4 is 21.4 Å². The lowest BCUT2D eigenvalue weighted by Gasteiger charge is -2.15. The molecule has 1 N–H and O–H groups in total. The number of hydrogen-bond acceptors (Lipinski definition) is 5. The molecule has 1 fully saturated rings. The summed E-state index contributed by atoms with van der Waals surface area (Å²) in [6.07, 6.45) is 1.04. The lowest BCUT2D eigenvalue weighted by molar-refractivity contribution is 0.159. The fraction of sp³-hybridized carbons (Fsp3) is 0.692. The maximum atomic E-state index is 12.1. The monoisotopic (exact) mass is 318 g/mol. The first-order valence-electron chi connectivity index (χ1n) is 6.77. The summed E-state index contributed by atoms with van der Waals surface area (Å²) in [4.78, 5) is 2.32. The topological polar surface area (TPSA) is 58.6 Å². The van der Waals surface area contributed by atoms with Crippen LogP contribution in [-0.4, -0.2) is 53.2 Å². The Bertz CT molecular complexity index is 527. The van der Waals surface area contributed by atoms with Crippen molar-refractivity contribution in [2.45, 2.75) is 17.6 Å². The van der Waals surface area contributed by atoms with Crippen molar-refractivity contribution in [3.8, 4) is 0 Å². The van der Waals surface area contributed by atoms with E-state index < -0.39 is 10.0 Å². The zero-order valence-electron chi connectivity index (χ0n) is 12.0. The first-order valence-corrected chi connectivity index (χ1v) is 9.13. The second kappa shape index (κ2) is 7.00. The molecular weight excluding hydrogens is 296 g/mol. The average molecular weight is 318 g/mol. The largest absolute Gasteiger partial charge is 0.383 e. The third-order valence-corrected chi connectivity index (χ3v) is 6.50. The third-order valence-electron chi connectivity index (χ3n) is 3.51. The maximum Gasteiger partial charge on any atom is 0.250 e. The van der Waals surface area contributed by atoms with Gasteiger partial charge in [0.1, 0.15) is 4.21 Å². The highest BCUT2D eigenvalue weighted by molar-refractivity contribution is 7.91. The van der Waals surface area contributed by atoms with Crippen LogP contribution in [0.25, 0.3) is 0 Å². The number of nitrogens with zero attached hydrogens (tertiary/aromatic N) is 1. The Balaban J connectivity index is 1.81. The minimum absolute atomic E-state index is 0.391. The molecule has 0 aromatic carbocycles. The van der Waals surface area contributed by atoms with Crippen LogP contribution in [0.2, 0.25) is 0 Å². The Labute approximate surface area is 125 Å². The number of ether oxygens (including phenoxy) is 1. The molecule has 1 aliphatic heterocycles. The van der Waals surface area contributed by atoms with Crippen molar-refractivity contribution in [3.63, 3.8) is 0 Å². The number of nitrogens with one attached hydrogen (secondary N) is 1. The molecule has 0 saturated carbocycles. The maximum absolute atomic E-state index is 12.1. The molecule has 5 nitrogen and oxygen atoms in total. The van der Waals surface area contributed by atoms with Crippen molar-refractivity contribution < 1.29 is 13.2 Å². The highest BCUT2D eigenvalue weighted by Gasteiger charge is 2.24. The summed E-state index contributed by atoms with van der Waals surface area (Å²) < 4.78 is 32.4. The molecule has 2 rings (SSSR count). The van der Waals surface area contributed by atoms with Gasteiger partial charge in [-0.05, 0) is 42.8 Å². The lowest BCUT2D eigenvalue weighted by Crippen LogP contribution is -2.31. The van der Waals surface area contributed by atoms with Gasteiger partial charge in [-0.2, -0.15) is 0 Å². The number of aryl methyl sites for hydroxylation is 1. The van der Waals surface area contributed by atoms with Crippen molar-refractivity contribution in [2.75, 3.05) is 39.9 Å². The van der Waals surface area contributed by atoms with Gasteiger partial charge < -0.3 is 9.64 Å². The molecule has 0 bridgehead atoms. The summed E-state index contributed by atoms with van der Waals surface area (Å²) in [5.74, 6) is 0.391. The molecule has 1 aromatic heterocycles. The SMILES string of the molecule is COCCN1CCC(CNS(=O)(=O)c2cc(C)cs2)C1. The number of thiophene rings is 1. The molecule has 0 aliphatic carbocycles. The van der Waals surface area contributed by atoms with Gasteiger partial charge in [0, 0.05) is 26.7 Å². The third kappa shape index (κ3) is 4.26. The van der Waals surface area contributed by atoms with Gasteiger partial charge in [-0.3, -0.25) is 0 Å². The van der Waals surface area contributed by atoms with E-state index in [2.05, 4.69) is 9.62 Å². The fourth-order valence-electron chi connectivity index (χ4n) is 2.35. The fourth-order valence-corrected chi connectivity index (χ4v) is 4.74. The van der Waals surface area contributed by atoms with Crippen molar-refractivity contribution in [2.24, 2.45) is 5.92 Å². The van der Waals surface area contributed by atoms with Gasteiger partial charge in [-0.25, -0.2) is 13.1 Å². The average Bonchev–Trinajstić information content (AvgIpc) is 3.03. The highest BCUT2D eigenvalue weighted by atomic mass is 32.2. The normalized spacial score (nSPS) is 20.6. The van der Waals surface area contributed by atoms with E-state index in [0.29, 0.717) is 16.7 Å². The van der Waals surface area contributed by atoms with E-state index in [1.165, 1.54) is 11.3 Å². The summed E-state index contributed by atoms with van der Waals surface area (Å²) in [6.45, 7) is 6.03. The molecule has 20 heavy (non-hydrogen) atoms. The molecule has 2 heterocycles. The van der Waals surface area contributed by atoms with Crippen LogP contribution in [0.1, 0.15) is 12.0 Å². The van der Waals surface area contributed by atoms with E-state index in [9.17, 15) is 8.42 Å². The van der Waals surface area contributed by atoms with Gasteiger partial charge in [0.15, 0.2) is 0 Å². The van der Waals surface area contributed by atoms with E-state index in [0.717, 1.165) is 38.2 Å². The molecule has 7 heteroatoms. The van der Waals surface area contributed by atoms with E-state index in [4.69, 9.17) is 4.74 Å². The molecule has 0 amide bonds. The van der Waals surface area contributed by atoms with Crippen LogP contribution in [0.5, 0.6) is 0 Å². The predicted molar refractivity (Wildman–Crippen MR) is 80.7 cm³/mol. The summed E-state index contributed by atoms with van der Waals surface area (Å²) in [5, 5.41) is 1.86. The summed E-state index contributed by atoms with van der Waals surface area (Å²) in [7, 11) is -1.64. The quantitative estimate of drug-likeness (QED) is 0.823. The van der Waals surface area contributed by atoms with Gasteiger partial charge in [0.2, 0.25) is 10.0 Å². The van der Waals surface area contributed by atoms with E-state index in [-0.39, 0.29) is 0 Å². The van der Waals surface area contributed by atoms with Gasteiger partial charge in [-0.15, -0.1) is 11.3 Å². The number of hydrogen-bond donors (Lipinski definition) is 1. The van der Waals surface area contributed by atoms with Crippen molar-refractivity contribution in [3.05, 3.63) is 17.0 Å².